The van der Waals surface area contributed by atoms with Crippen LogP contribution in [0.4, 0.5) is 0 Å². The molecule has 0 amide bonds. The number of hydrogen-bond donors (Lipinski definition) is 1. The molecule has 0 unspecified atom stereocenters. The third-order valence-corrected chi connectivity index (χ3v) is 3.41. The molecule has 2 aliphatic carbocycles. The van der Waals surface area contributed by atoms with Gasteiger partial charge in [0.05, 0.1) is 0 Å². The summed E-state index contributed by atoms with van der Waals surface area (Å²) < 4.78 is 0. The van der Waals surface area contributed by atoms with E-state index in [0.717, 1.165) is 38.5 Å². The van der Waals surface area contributed by atoms with E-state index in [4.69, 9.17) is 5.73 Å². The van der Waals surface area contributed by atoms with Crippen molar-refractivity contribution in [2.24, 2.45) is 11.1 Å². The minimum Gasteiger partial charge on any atom is -0.328 e. The Hall–Kier alpha value is -0.370. The van der Waals surface area contributed by atoms with E-state index in [-0.39, 0.29) is 5.41 Å². The number of rotatable bonds is 0. The van der Waals surface area contributed by atoms with Gasteiger partial charge in [-0.25, -0.2) is 0 Å². The summed E-state index contributed by atoms with van der Waals surface area (Å²) in [7, 11) is 0. The highest BCUT2D eigenvalue weighted by molar-refractivity contribution is 5.90. The second kappa shape index (κ2) is 2.31. The van der Waals surface area contributed by atoms with E-state index in [9.17, 15) is 4.79 Å². The molecule has 2 aliphatic rings. The Morgan fingerprint density at radius 1 is 1.27 bits per heavy atom. The number of nitrogens with two attached hydrogens (primary N) is 1. The summed E-state index contributed by atoms with van der Waals surface area (Å²) in [6.07, 6.45) is 6.21. The van der Waals surface area contributed by atoms with Crippen molar-refractivity contribution in [3.05, 3.63) is 0 Å². The minimum absolute atomic E-state index is 0.121. The normalized spacial score (nSPS) is 44.1. The van der Waals surface area contributed by atoms with Gasteiger partial charge in [-0.3, -0.25) is 4.79 Å². The Morgan fingerprint density at radius 2 is 1.91 bits per heavy atom. The number of ketones is 1. The highest BCUT2D eigenvalue weighted by Gasteiger charge is 2.46. The molecule has 0 saturated heterocycles. The summed E-state index contributed by atoms with van der Waals surface area (Å²) in [5.41, 5.74) is 5.89. The largest absolute Gasteiger partial charge is 0.328 e. The van der Waals surface area contributed by atoms with Crippen LogP contribution < -0.4 is 5.73 Å². The van der Waals surface area contributed by atoms with E-state index in [1.54, 1.807) is 0 Å². The third kappa shape index (κ3) is 1.00. The maximum atomic E-state index is 11.3. The van der Waals surface area contributed by atoms with Crippen molar-refractivity contribution in [1.29, 1.82) is 0 Å². The number of carbonyl (C=O) groups excluding carboxylic acids is 1. The van der Waals surface area contributed by atoms with Crippen LogP contribution in [0.2, 0.25) is 0 Å². The molecule has 2 N–H and O–H groups in total. The van der Waals surface area contributed by atoms with Gasteiger partial charge in [-0.1, -0.05) is 0 Å². The van der Waals surface area contributed by atoms with Gasteiger partial charge in [0.25, 0.3) is 0 Å². The maximum absolute atomic E-state index is 11.3. The predicted molar refractivity (Wildman–Crippen MR) is 43.1 cm³/mol. The minimum atomic E-state index is 0.121. The zero-order chi connectivity index (χ0) is 7.90. The van der Waals surface area contributed by atoms with Crippen LogP contribution in [-0.2, 0) is 4.79 Å². The SMILES string of the molecule is NC1CCC2(CCC2=O)CC1. The van der Waals surface area contributed by atoms with Crippen LogP contribution in [0.5, 0.6) is 0 Å². The van der Waals surface area contributed by atoms with Crippen LogP contribution >= 0.6 is 0 Å². The topological polar surface area (TPSA) is 43.1 Å². The lowest BCUT2D eigenvalue weighted by Gasteiger charge is -2.44. The molecule has 2 nitrogen and oxygen atoms in total. The second-order valence-corrected chi connectivity index (χ2v) is 4.04. The standard InChI is InChI=1S/C9H15NO/c10-7-1-4-9(5-2-7)6-3-8(9)11/h7H,1-6,10H2. The lowest BCUT2D eigenvalue weighted by molar-refractivity contribution is -0.140. The van der Waals surface area contributed by atoms with Gasteiger partial charge in [-0.15, -0.1) is 0 Å². The molecule has 2 fully saturated rings. The van der Waals surface area contributed by atoms with Crippen LogP contribution in [0, 0.1) is 5.41 Å². The third-order valence-electron chi connectivity index (χ3n) is 3.41. The fourth-order valence-electron chi connectivity index (χ4n) is 2.30. The van der Waals surface area contributed by atoms with E-state index < -0.39 is 0 Å². The average molecular weight is 153 g/mol. The first-order valence-corrected chi connectivity index (χ1v) is 4.52. The molecule has 0 aliphatic heterocycles. The second-order valence-electron chi connectivity index (χ2n) is 4.04. The molecule has 2 saturated carbocycles. The summed E-state index contributed by atoms with van der Waals surface area (Å²) in [4.78, 5) is 11.3. The van der Waals surface area contributed by atoms with Gasteiger partial charge in [0.2, 0.25) is 0 Å². The number of hydrogen-bond acceptors (Lipinski definition) is 2. The van der Waals surface area contributed by atoms with Gasteiger partial charge in [0.1, 0.15) is 5.78 Å². The van der Waals surface area contributed by atoms with Gasteiger partial charge < -0.3 is 5.73 Å². The maximum Gasteiger partial charge on any atom is 0.139 e. The summed E-state index contributed by atoms with van der Waals surface area (Å²) in [6, 6.07) is 0.369. The fraction of sp³-hybridized carbons (Fsp3) is 0.889. The van der Waals surface area contributed by atoms with Crippen molar-refractivity contribution >= 4 is 5.78 Å². The van der Waals surface area contributed by atoms with E-state index in [1.165, 1.54) is 0 Å². The molecule has 0 heterocycles. The summed E-state index contributed by atoms with van der Waals surface area (Å²) >= 11 is 0. The first-order valence-electron chi connectivity index (χ1n) is 4.52. The Kier molecular flexibility index (Phi) is 1.53. The molecule has 2 rings (SSSR count). The molecule has 2 heteroatoms. The van der Waals surface area contributed by atoms with Crippen molar-refractivity contribution in [3.63, 3.8) is 0 Å². The number of Topliss-reactive ketones (excluding diaryl/α,β-unsaturated/α-hetero) is 1. The molecular weight excluding hydrogens is 138 g/mol. The highest BCUT2D eigenvalue weighted by atomic mass is 16.1. The van der Waals surface area contributed by atoms with E-state index in [0.29, 0.717) is 11.8 Å². The van der Waals surface area contributed by atoms with Crippen LogP contribution in [0.15, 0.2) is 0 Å². The first-order chi connectivity index (χ1) is 5.23. The van der Waals surface area contributed by atoms with Gasteiger partial charge in [-0.05, 0) is 32.1 Å². The molecule has 11 heavy (non-hydrogen) atoms. The van der Waals surface area contributed by atoms with Crippen LogP contribution in [0.3, 0.4) is 0 Å². The van der Waals surface area contributed by atoms with E-state index in [1.807, 2.05) is 0 Å². The van der Waals surface area contributed by atoms with Crippen LogP contribution in [-0.4, -0.2) is 11.8 Å². The average Bonchev–Trinajstić information content (AvgIpc) is 2.03. The van der Waals surface area contributed by atoms with Crippen LogP contribution in [0.1, 0.15) is 38.5 Å². The summed E-state index contributed by atoms with van der Waals surface area (Å²) in [5.74, 6) is 0.504. The first kappa shape index (κ1) is 7.29. The van der Waals surface area contributed by atoms with Gasteiger partial charge in [-0.2, -0.15) is 0 Å². The molecule has 0 radical (unpaired) electrons. The lowest BCUT2D eigenvalue weighted by atomic mass is 9.59. The monoisotopic (exact) mass is 153 g/mol. The van der Waals surface area contributed by atoms with E-state index in [2.05, 4.69) is 0 Å². The fourth-order valence-corrected chi connectivity index (χ4v) is 2.30. The molecule has 0 aromatic carbocycles. The molecule has 0 atom stereocenters. The zero-order valence-corrected chi connectivity index (χ0v) is 6.81. The molecule has 0 aromatic rings. The highest BCUT2D eigenvalue weighted by Crippen LogP contribution is 2.48. The van der Waals surface area contributed by atoms with Crippen LogP contribution in [0.25, 0.3) is 0 Å². The summed E-state index contributed by atoms with van der Waals surface area (Å²) in [6.45, 7) is 0. The summed E-state index contributed by atoms with van der Waals surface area (Å²) in [5, 5.41) is 0. The molecule has 0 aromatic heterocycles. The predicted octanol–water partition coefficient (Wildman–Crippen LogP) is 1.24. The Labute approximate surface area is 67.1 Å². The molecule has 0 bridgehead atoms. The van der Waals surface area contributed by atoms with Gasteiger partial charge in [0.15, 0.2) is 0 Å². The van der Waals surface area contributed by atoms with Crippen molar-refractivity contribution in [3.8, 4) is 0 Å². The lowest BCUT2D eigenvalue weighted by Crippen LogP contribution is -2.45. The van der Waals surface area contributed by atoms with Crippen molar-refractivity contribution in [1.82, 2.24) is 0 Å². The molecule has 1 spiro atoms. The Balaban J connectivity index is 2.01. The number of carbonyl (C=O) groups is 1. The van der Waals surface area contributed by atoms with Gasteiger partial charge in [0, 0.05) is 17.9 Å². The zero-order valence-electron chi connectivity index (χ0n) is 6.81. The Morgan fingerprint density at radius 3 is 2.27 bits per heavy atom. The molecule has 62 valence electrons. The smallest absolute Gasteiger partial charge is 0.139 e. The van der Waals surface area contributed by atoms with Crippen molar-refractivity contribution in [2.75, 3.05) is 0 Å². The van der Waals surface area contributed by atoms with Crippen molar-refractivity contribution in [2.45, 2.75) is 44.6 Å². The van der Waals surface area contributed by atoms with E-state index >= 15 is 0 Å². The van der Waals surface area contributed by atoms with Crippen molar-refractivity contribution < 1.29 is 4.79 Å². The Bertz CT molecular complexity index is 180. The molecular formula is C9H15NO. The van der Waals surface area contributed by atoms with Gasteiger partial charge >= 0.3 is 0 Å². The quantitative estimate of drug-likeness (QED) is 0.569.